The molecule has 1 aromatic carbocycles. The Balaban J connectivity index is 1.80. The van der Waals surface area contributed by atoms with Crippen molar-refractivity contribution >= 4 is 39.3 Å². The first kappa shape index (κ1) is 23.1. The molecule has 1 saturated heterocycles. The van der Waals surface area contributed by atoms with Crippen LogP contribution in [0.3, 0.4) is 0 Å². The molecule has 3 rings (SSSR count). The Bertz CT molecular complexity index is 896. The summed E-state index contributed by atoms with van der Waals surface area (Å²) in [6.45, 7) is 4.20. The number of amides is 2. The predicted molar refractivity (Wildman–Crippen MR) is 118 cm³/mol. The molecule has 0 unspecified atom stereocenters. The van der Waals surface area contributed by atoms with Crippen molar-refractivity contribution in [1.29, 1.82) is 0 Å². The number of carbonyl (C=O) groups is 2. The van der Waals surface area contributed by atoms with Gasteiger partial charge in [0.15, 0.2) is 0 Å². The average molecular weight is 455 g/mol. The first-order valence-corrected chi connectivity index (χ1v) is 12.6. The molecule has 0 atom stereocenters. The minimum absolute atomic E-state index is 0.120. The molecule has 166 valence electrons. The molecule has 30 heavy (non-hydrogen) atoms. The Morgan fingerprint density at radius 2 is 1.97 bits per heavy atom. The summed E-state index contributed by atoms with van der Waals surface area (Å²) in [6.07, 6.45) is 1.69. The molecule has 2 amide bonds. The van der Waals surface area contributed by atoms with Crippen molar-refractivity contribution in [3.8, 4) is 0 Å². The Labute approximate surface area is 183 Å². The highest BCUT2D eigenvalue weighted by Crippen LogP contribution is 2.37. The van der Waals surface area contributed by atoms with Crippen LogP contribution in [0.1, 0.15) is 19.8 Å². The summed E-state index contributed by atoms with van der Waals surface area (Å²) in [5, 5.41) is 2.81. The lowest BCUT2D eigenvalue weighted by Crippen LogP contribution is -2.44. The van der Waals surface area contributed by atoms with Crippen LogP contribution >= 0.6 is 11.8 Å². The van der Waals surface area contributed by atoms with Gasteiger partial charge in [-0.15, -0.1) is 11.8 Å². The Kier molecular flexibility index (Phi) is 7.43. The summed E-state index contributed by atoms with van der Waals surface area (Å²) >= 11 is 1.37. The van der Waals surface area contributed by atoms with Crippen molar-refractivity contribution in [1.82, 2.24) is 14.5 Å². The number of piperidine rings is 1. The van der Waals surface area contributed by atoms with Crippen LogP contribution in [0.5, 0.6) is 0 Å². The molecule has 0 saturated carbocycles. The van der Waals surface area contributed by atoms with Crippen molar-refractivity contribution in [3.05, 3.63) is 18.2 Å². The number of rotatable bonds is 7. The lowest BCUT2D eigenvalue weighted by molar-refractivity contribution is -0.123. The van der Waals surface area contributed by atoms with E-state index >= 15 is 0 Å². The van der Waals surface area contributed by atoms with Crippen LogP contribution in [-0.4, -0.2) is 82.0 Å². The first-order valence-electron chi connectivity index (χ1n) is 10.2. The molecular formula is C20H30N4O4S2. The molecule has 1 aromatic rings. The topological polar surface area (TPSA) is 90.0 Å². The average Bonchev–Trinajstić information content (AvgIpc) is 2.70. The molecule has 2 heterocycles. The molecule has 1 N–H and O–H groups in total. The lowest BCUT2D eigenvalue weighted by atomic mass is 10.0. The standard InChI is InChI=1S/C20H30N4O4S2/c1-15-6-9-23(10-7-15)30(27,28)16-4-5-18-17(12-16)24(20(26)14-29-18)13-19(25)21-8-11-22(2)3/h4-5,12,15H,6-11,13-14H2,1-3H3,(H,21,25). The molecule has 1 fully saturated rings. The molecular weight excluding hydrogens is 424 g/mol. The molecule has 2 aliphatic heterocycles. The number of fused-ring (bicyclic) bond motifs is 1. The van der Waals surface area contributed by atoms with Gasteiger partial charge in [0.05, 0.1) is 16.3 Å². The number of anilines is 1. The van der Waals surface area contributed by atoms with E-state index in [4.69, 9.17) is 0 Å². The third-order valence-corrected chi connectivity index (χ3v) is 8.38. The first-order chi connectivity index (χ1) is 14.2. The van der Waals surface area contributed by atoms with E-state index < -0.39 is 10.0 Å². The molecule has 0 aromatic heterocycles. The van der Waals surface area contributed by atoms with E-state index in [0.29, 0.717) is 37.8 Å². The van der Waals surface area contributed by atoms with Crippen LogP contribution in [0.2, 0.25) is 0 Å². The molecule has 2 aliphatic rings. The number of sulfonamides is 1. The van der Waals surface area contributed by atoms with Gasteiger partial charge in [-0.25, -0.2) is 8.42 Å². The fourth-order valence-electron chi connectivity index (χ4n) is 3.51. The van der Waals surface area contributed by atoms with Gasteiger partial charge in [0.2, 0.25) is 21.8 Å². The van der Waals surface area contributed by atoms with Crippen molar-refractivity contribution in [3.63, 3.8) is 0 Å². The number of nitrogens with one attached hydrogen (secondary N) is 1. The molecule has 0 aliphatic carbocycles. The summed E-state index contributed by atoms with van der Waals surface area (Å²) in [4.78, 5) is 29.2. The fraction of sp³-hybridized carbons (Fsp3) is 0.600. The maximum Gasteiger partial charge on any atom is 0.243 e. The van der Waals surface area contributed by atoms with Crippen LogP contribution in [0.4, 0.5) is 5.69 Å². The molecule has 8 nitrogen and oxygen atoms in total. The third-order valence-electron chi connectivity index (χ3n) is 5.44. The molecule has 10 heteroatoms. The number of thioether (sulfide) groups is 1. The predicted octanol–water partition coefficient (Wildman–Crippen LogP) is 1.22. The number of nitrogens with zero attached hydrogens (tertiary/aromatic N) is 3. The summed E-state index contributed by atoms with van der Waals surface area (Å²) in [5.74, 6) is 0.294. The number of benzene rings is 1. The van der Waals surface area contributed by atoms with Crippen LogP contribution < -0.4 is 10.2 Å². The number of carbonyl (C=O) groups excluding carboxylic acids is 2. The van der Waals surface area contributed by atoms with Gasteiger partial charge in [-0.1, -0.05) is 6.92 Å². The summed E-state index contributed by atoms with van der Waals surface area (Å²) in [6, 6.07) is 4.88. The minimum atomic E-state index is -3.63. The summed E-state index contributed by atoms with van der Waals surface area (Å²) in [7, 11) is 0.199. The van der Waals surface area contributed by atoms with Gasteiger partial charge < -0.3 is 15.1 Å². The van der Waals surface area contributed by atoms with E-state index in [1.54, 1.807) is 18.2 Å². The van der Waals surface area contributed by atoms with Gasteiger partial charge in [-0.3, -0.25) is 9.59 Å². The number of likely N-dealkylation sites (N-methyl/N-ethyl adjacent to an activating group) is 1. The van der Waals surface area contributed by atoms with Gasteiger partial charge in [0.1, 0.15) is 6.54 Å². The van der Waals surface area contributed by atoms with Crippen LogP contribution in [0.25, 0.3) is 0 Å². The highest BCUT2D eigenvalue weighted by molar-refractivity contribution is 8.00. The monoisotopic (exact) mass is 454 g/mol. The van der Waals surface area contributed by atoms with Gasteiger partial charge >= 0.3 is 0 Å². The minimum Gasteiger partial charge on any atom is -0.353 e. The normalized spacial score (nSPS) is 18.5. The number of hydrogen-bond acceptors (Lipinski definition) is 6. The van der Waals surface area contributed by atoms with Gasteiger partial charge in [0, 0.05) is 31.1 Å². The second kappa shape index (κ2) is 9.67. The van der Waals surface area contributed by atoms with E-state index in [0.717, 1.165) is 17.7 Å². The summed E-state index contributed by atoms with van der Waals surface area (Å²) < 4.78 is 27.8. The summed E-state index contributed by atoms with van der Waals surface area (Å²) in [5.41, 5.74) is 0.491. The zero-order valence-corrected chi connectivity index (χ0v) is 19.4. The smallest absolute Gasteiger partial charge is 0.243 e. The van der Waals surface area contributed by atoms with E-state index in [9.17, 15) is 18.0 Å². The second-order valence-electron chi connectivity index (χ2n) is 8.14. The SMILES string of the molecule is CC1CCN(S(=O)(=O)c2ccc3c(c2)N(CC(=O)NCCN(C)C)C(=O)CS3)CC1. The quantitative estimate of drug-likeness (QED) is 0.666. The fourth-order valence-corrected chi connectivity index (χ4v) is 5.91. The largest absolute Gasteiger partial charge is 0.353 e. The maximum absolute atomic E-state index is 13.1. The van der Waals surface area contributed by atoms with Crippen LogP contribution in [0, 0.1) is 5.92 Å². The third kappa shape index (κ3) is 5.35. The van der Waals surface area contributed by atoms with Crippen molar-refractivity contribution in [2.24, 2.45) is 5.92 Å². The zero-order valence-electron chi connectivity index (χ0n) is 17.8. The van der Waals surface area contributed by atoms with Gasteiger partial charge in [-0.2, -0.15) is 4.31 Å². The van der Waals surface area contributed by atoms with Crippen molar-refractivity contribution in [2.45, 2.75) is 29.6 Å². The van der Waals surface area contributed by atoms with E-state index in [-0.39, 0.29) is 29.0 Å². The molecule has 0 spiro atoms. The molecule has 0 radical (unpaired) electrons. The molecule has 0 bridgehead atoms. The van der Waals surface area contributed by atoms with E-state index in [1.807, 2.05) is 19.0 Å². The number of hydrogen-bond donors (Lipinski definition) is 1. The zero-order chi connectivity index (χ0) is 21.9. The Hall–Kier alpha value is -1.62. The van der Waals surface area contributed by atoms with E-state index in [2.05, 4.69) is 12.2 Å². The Morgan fingerprint density at radius 1 is 1.27 bits per heavy atom. The van der Waals surface area contributed by atoms with Crippen LogP contribution in [0.15, 0.2) is 28.0 Å². The van der Waals surface area contributed by atoms with E-state index in [1.165, 1.54) is 21.0 Å². The van der Waals surface area contributed by atoms with Gasteiger partial charge in [0.25, 0.3) is 0 Å². The maximum atomic E-state index is 13.1. The van der Waals surface area contributed by atoms with Crippen molar-refractivity contribution < 1.29 is 18.0 Å². The Morgan fingerprint density at radius 3 is 2.63 bits per heavy atom. The highest BCUT2D eigenvalue weighted by Gasteiger charge is 2.32. The van der Waals surface area contributed by atoms with Crippen LogP contribution in [-0.2, 0) is 19.6 Å². The highest BCUT2D eigenvalue weighted by atomic mass is 32.2. The lowest BCUT2D eigenvalue weighted by Gasteiger charge is -2.31. The second-order valence-corrected chi connectivity index (χ2v) is 11.1. The van der Waals surface area contributed by atoms with Crippen molar-refractivity contribution in [2.75, 3.05) is 57.5 Å². The van der Waals surface area contributed by atoms with Gasteiger partial charge in [-0.05, 0) is 51.1 Å².